The fourth-order valence-electron chi connectivity index (χ4n) is 5.24. The van der Waals surface area contributed by atoms with Crippen LogP contribution in [0.2, 0.25) is 10.0 Å². The predicted molar refractivity (Wildman–Crippen MR) is 170 cm³/mol. The van der Waals surface area contributed by atoms with Crippen molar-refractivity contribution in [1.82, 2.24) is 4.98 Å². The molecule has 0 amide bonds. The number of nitrogens with zero attached hydrogens (tertiary/aromatic N) is 1. The first-order chi connectivity index (χ1) is 22.0. The van der Waals surface area contributed by atoms with Gasteiger partial charge in [-0.05, 0) is 41.1 Å². The molecule has 4 aromatic carbocycles. The van der Waals surface area contributed by atoms with Gasteiger partial charge in [-0.1, -0.05) is 53.5 Å². The summed E-state index contributed by atoms with van der Waals surface area (Å²) in [6.07, 6.45) is 0. The maximum atomic E-state index is 13.8. The van der Waals surface area contributed by atoms with E-state index < -0.39 is 67.3 Å². The van der Waals surface area contributed by atoms with Crippen LogP contribution in [-0.4, -0.2) is 39.3 Å². The highest BCUT2D eigenvalue weighted by atomic mass is 35.5. The quantitative estimate of drug-likeness (QED) is 0.0838. The van der Waals surface area contributed by atoms with Gasteiger partial charge in [0.05, 0.1) is 21.6 Å². The van der Waals surface area contributed by atoms with Gasteiger partial charge in [-0.2, -0.15) is 16.8 Å². The van der Waals surface area contributed by atoms with Crippen LogP contribution in [0.15, 0.2) is 84.7 Å². The number of rotatable bonds is 4. The van der Waals surface area contributed by atoms with Gasteiger partial charge in [0, 0.05) is 0 Å². The van der Waals surface area contributed by atoms with E-state index in [9.17, 15) is 34.4 Å². The van der Waals surface area contributed by atoms with Gasteiger partial charge in [0.1, 0.15) is 31.8 Å². The first kappa shape index (κ1) is 31.1. The lowest BCUT2D eigenvalue weighted by atomic mass is 10.1. The second-order valence-corrected chi connectivity index (χ2v) is 15.6. The lowest BCUT2D eigenvalue weighted by molar-refractivity contribution is 0.449. The first-order valence-corrected chi connectivity index (χ1v) is 18.0. The van der Waals surface area contributed by atoms with Gasteiger partial charge in [0.2, 0.25) is 9.84 Å². The molecule has 3 aliphatic rings. The predicted octanol–water partition coefficient (Wildman–Crippen LogP) is 5.63. The highest BCUT2D eigenvalue weighted by molar-refractivity contribution is 7.91. The normalized spacial score (nSPS) is 13.3. The molecule has 0 atom stereocenters. The Balaban J connectivity index is 1.51. The van der Waals surface area contributed by atoms with Gasteiger partial charge in [-0.3, -0.25) is 14.5 Å². The van der Waals surface area contributed by atoms with Crippen molar-refractivity contribution in [3.8, 4) is 23.0 Å². The Morgan fingerprint density at radius 1 is 0.830 bits per heavy atom. The molecule has 47 heavy (non-hydrogen) atoms. The molecular formula is C28H16Cl2N4O10S3. The minimum Gasteiger partial charge on any atom is -0.450 e. The summed E-state index contributed by atoms with van der Waals surface area (Å²) in [5, 5.41) is 10.9. The number of ether oxygens (including phenoxy) is 1. The van der Waals surface area contributed by atoms with Crippen LogP contribution < -0.4 is 21.1 Å². The molecule has 6 N–H and O–H groups in total. The minimum absolute atomic E-state index is 0.0130. The Bertz CT molecular complexity index is 2770. The van der Waals surface area contributed by atoms with Gasteiger partial charge in [-0.15, -0.1) is 0 Å². The Kier molecular flexibility index (Phi) is 6.79. The molecule has 0 aromatic heterocycles. The first-order valence-electron chi connectivity index (χ1n) is 12.9. The Hall–Kier alpha value is -4.49. The number of hydrogen-bond donors (Lipinski definition) is 5. The van der Waals surface area contributed by atoms with Crippen molar-refractivity contribution in [2.75, 3.05) is 11.1 Å². The van der Waals surface area contributed by atoms with Crippen LogP contribution in [-0.2, 0) is 30.1 Å². The number of nitrogens with one attached hydrogen (secondary N) is 2. The largest absolute Gasteiger partial charge is 0.450 e. The standard InChI is InChI=1S/C28H16Cl2N4O10S3/c29-18-21-25(43-23-15(33-21)8-7-14(31)27(23)46(37,38)39)19(30)22-26(18)44-24-16(34-22)10-17(20(32)28(24)47(40,41)42)45(35,36)13-6-5-11-3-1-2-4-12(11)9-13/h1-10,32-33H,31H2,(H,37,38,39)(H,40,41,42). The Labute approximate surface area is 274 Å². The molecule has 0 radical (unpaired) electrons. The lowest BCUT2D eigenvalue weighted by Gasteiger charge is -2.26. The third-order valence-electron chi connectivity index (χ3n) is 7.33. The smallest absolute Gasteiger partial charge is 0.300 e. The zero-order chi connectivity index (χ0) is 33.8. The molecule has 0 saturated heterocycles. The summed E-state index contributed by atoms with van der Waals surface area (Å²) in [6.45, 7) is 0. The third-order valence-corrected chi connectivity index (χ3v) is 11.7. The molecule has 1 aliphatic carbocycles. The summed E-state index contributed by atoms with van der Waals surface area (Å²) >= 11 is 13.3. The molecule has 0 spiro atoms. The Morgan fingerprint density at radius 2 is 1.51 bits per heavy atom. The average molecular weight is 736 g/mol. The molecule has 0 unspecified atom stereocenters. The maximum absolute atomic E-state index is 13.8. The van der Waals surface area contributed by atoms with Crippen LogP contribution in [0.1, 0.15) is 0 Å². The molecule has 0 fully saturated rings. The summed E-state index contributed by atoms with van der Waals surface area (Å²) in [5.41, 5.74) is 4.18. The van der Waals surface area contributed by atoms with Gasteiger partial charge in [0.15, 0.2) is 32.6 Å². The summed E-state index contributed by atoms with van der Waals surface area (Å²) in [6, 6.07) is 14.4. The molecule has 4 aromatic rings. The lowest BCUT2D eigenvalue weighted by Crippen LogP contribution is -2.24. The van der Waals surface area contributed by atoms with Crippen LogP contribution in [0.4, 0.5) is 17.1 Å². The molecule has 2 aliphatic heterocycles. The molecule has 14 nitrogen and oxygen atoms in total. The molecular weight excluding hydrogens is 719 g/mol. The van der Waals surface area contributed by atoms with E-state index in [2.05, 4.69) is 10.3 Å². The van der Waals surface area contributed by atoms with Gasteiger partial charge >= 0.3 is 10.1 Å². The van der Waals surface area contributed by atoms with Crippen molar-refractivity contribution in [3.63, 3.8) is 0 Å². The molecule has 0 bridgehead atoms. The fourth-order valence-corrected chi connectivity index (χ4v) is 8.75. The zero-order valence-electron chi connectivity index (χ0n) is 22.9. The van der Waals surface area contributed by atoms with E-state index in [1.54, 1.807) is 24.3 Å². The van der Waals surface area contributed by atoms with Gasteiger partial charge < -0.3 is 20.2 Å². The van der Waals surface area contributed by atoms with Crippen LogP contribution >= 0.6 is 23.2 Å². The number of halogens is 2. The number of fused-ring (bicyclic) bond motifs is 5. The minimum atomic E-state index is -5.33. The van der Waals surface area contributed by atoms with Crippen LogP contribution in [0.5, 0.6) is 11.5 Å². The van der Waals surface area contributed by atoms with E-state index in [-0.39, 0.29) is 48.9 Å². The molecule has 7 rings (SSSR count). The zero-order valence-corrected chi connectivity index (χ0v) is 26.9. The second-order valence-electron chi connectivity index (χ2n) is 10.2. The highest BCUT2D eigenvalue weighted by Gasteiger charge is 2.36. The third kappa shape index (κ3) is 4.77. The number of hydrogen-bond acceptors (Lipinski definition) is 12. The fraction of sp³-hybridized carbons (Fsp3) is 0. The second kappa shape index (κ2) is 10.3. The van der Waals surface area contributed by atoms with Gasteiger partial charge in [-0.25, -0.2) is 13.4 Å². The van der Waals surface area contributed by atoms with Gasteiger partial charge in [0.25, 0.3) is 10.1 Å². The van der Waals surface area contributed by atoms with Crippen molar-refractivity contribution in [1.29, 1.82) is 5.41 Å². The molecule has 240 valence electrons. The average Bonchev–Trinajstić information content (AvgIpc) is 3.00. The van der Waals surface area contributed by atoms with E-state index in [1.807, 2.05) is 0 Å². The summed E-state index contributed by atoms with van der Waals surface area (Å²) < 4.78 is 109. The van der Waals surface area contributed by atoms with Crippen molar-refractivity contribution in [2.45, 2.75) is 19.6 Å². The number of aromatic nitrogens is 1. The van der Waals surface area contributed by atoms with Crippen LogP contribution in [0.25, 0.3) is 33.3 Å². The van der Waals surface area contributed by atoms with Crippen molar-refractivity contribution in [3.05, 3.63) is 76.1 Å². The highest BCUT2D eigenvalue weighted by Crippen LogP contribution is 2.55. The SMILES string of the molecule is N=c1c(S(=O)(=O)c2ccc3ccccc3c2)cc2nc3c(Cl)c4c(c(Cl)c3oc-2c1S(=O)(=O)O)Nc1ccc(N)c(S(=O)(=O)O)c1O4. The summed E-state index contributed by atoms with van der Waals surface area (Å²) in [4.78, 5) is 1.23. The van der Waals surface area contributed by atoms with Crippen molar-refractivity contribution >= 4 is 92.2 Å². The van der Waals surface area contributed by atoms with E-state index in [1.165, 1.54) is 30.3 Å². The van der Waals surface area contributed by atoms with E-state index in [0.29, 0.717) is 5.39 Å². The molecule has 0 saturated carbocycles. The van der Waals surface area contributed by atoms with E-state index in [4.69, 9.17) is 43.5 Å². The molecule has 19 heteroatoms. The number of nitrogens with two attached hydrogens (primary N) is 1. The van der Waals surface area contributed by atoms with Crippen LogP contribution in [0, 0.1) is 5.41 Å². The van der Waals surface area contributed by atoms with Crippen LogP contribution in [0.3, 0.4) is 0 Å². The van der Waals surface area contributed by atoms with Crippen molar-refractivity contribution < 1.29 is 43.5 Å². The monoisotopic (exact) mass is 734 g/mol. The summed E-state index contributed by atoms with van der Waals surface area (Å²) in [5.74, 6) is -1.43. The Morgan fingerprint density at radius 3 is 2.19 bits per heavy atom. The number of sulfone groups is 1. The van der Waals surface area contributed by atoms with E-state index in [0.717, 1.165) is 11.5 Å². The number of nitrogen functional groups attached to an aromatic ring is 1. The number of benzene rings is 5. The van der Waals surface area contributed by atoms with Crippen molar-refractivity contribution in [2.24, 2.45) is 0 Å². The topological polar surface area (TPSA) is 240 Å². The number of anilines is 3. The summed E-state index contributed by atoms with van der Waals surface area (Å²) in [7, 11) is -14.8. The molecule has 2 heterocycles. The maximum Gasteiger partial charge on any atom is 0.300 e. The van der Waals surface area contributed by atoms with E-state index >= 15 is 0 Å².